The van der Waals surface area contributed by atoms with Crippen LogP contribution < -0.4 is 5.32 Å². The van der Waals surface area contributed by atoms with Gasteiger partial charge in [-0.1, -0.05) is 18.2 Å². The van der Waals surface area contributed by atoms with Crippen LogP contribution in [-0.2, 0) is 9.59 Å². The summed E-state index contributed by atoms with van der Waals surface area (Å²) in [6.07, 6.45) is 8.61. The van der Waals surface area contributed by atoms with Crippen molar-refractivity contribution < 1.29 is 19.5 Å². The number of carboxylic acid groups (broad SMARTS) is 1. The lowest BCUT2D eigenvalue weighted by atomic mass is 9.48. The molecule has 5 rings (SSSR count). The smallest absolute Gasteiger partial charge is 0.334 e. The van der Waals surface area contributed by atoms with Gasteiger partial charge in [0.1, 0.15) is 0 Å². The monoisotopic (exact) mass is 383 g/mol. The van der Waals surface area contributed by atoms with Crippen LogP contribution in [0.2, 0.25) is 0 Å². The van der Waals surface area contributed by atoms with Crippen molar-refractivity contribution in [1.29, 1.82) is 0 Å². The van der Waals surface area contributed by atoms with E-state index < -0.39 is 17.9 Å². The van der Waals surface area contributed by atoms with Crippen LogP contribution in [0.4, 0.5) is 0 Å². The zero-order valence-electron chi connectivity index (χ0n) is 16.4. The van der Waals surface area contributed by atoms with Gasteiger partial charge in [-0.3, -0.25) is 9.59 Å². The van der Waals surface area contributed by atoms with Crippen LogP contribution in [0.1, 0.15) is 67.3 Å². The number of aliphatic carboxylic acids is 1. The van der Waals surface area contributed by atoms with Crippen LogP contribution in [0, 0.1) is 30.1 Å². The molecule has 0 aromatic heterocycles. The molecule has 0 radical (unpaired) electrons. The fourth-order valence-corrected chi connectivity index (χ4v) is 6.45. The van der Waals surface area contributed by atoms with Gasteiger partial charge in [0.25, 0.3) is 5.91 Å². The molecule has 2 N–H and O–H groups in total. The number of ketones is 1. The van der Waals surface area contributed by atoms with Crippen LogP contribution >= 0.6 is 0 Å². The van der Waals surface area contributed by atoms with Crippen LogP contribution in [0.3, 0.4) is 0 Å². The third-order valence-corrected chi connectivity index (χ3v) is 7.30. The number of nitrogens with one attached hydrogen (secondary N) is 1. The number of rotatable bonds is 7. The summed E-state index contributed by atoms with van der Waals surface area (Å²) in [5.41, 5.74) is 1.39. The number of carboxylic acids is 1. The topological polar surface area (TPSA) is 83.5 Å². The maximum Gasteiger partial charge on any atom is 0.334 e. The highest BCUT2D eigenvalue weighted by atomic mass is 16.4. The third kappa shape index (κ3) is 3.71. The molecule has 28 heavy (non-hydrogen) atoms. The standard InChI is InChI=1S/C23H29NO4/c1-14-4-2-3-5-18(14)21(26)24-20(22(27)28)19(25)6-7-23-11-15-8-16(12-23)10-17(9-15)13-23/h2-5,15-17,20H,6-13H2,1H3,(H,24,26)(H,27,28). The second kappa shape index (κ2) is 7.34. The van der Waals surface area contributed by atoms with Crippen molar-refractivity contribution >= 4 is 17.7 Å². The summed E-state index contributed by atoms with van der Waals surface area (Å²) in [6, 6.07) is 5.51. The van der Waals surface area contributed by atoms with E-state index in [9.17, 15) is 19.5 Å². The van der Waals surface area contributed by atoms with Crippen LogP contribution in [0.15, 0.2) is 24.3 Å². The van der Waals surface area contributed by atoms with Gasteiger partial charge in [0.15, 0.2) is 11.8 Å². The molecule has 4 saturated carbocycles. The zero-order valence-corrected chi connectivity index (χ0v) is 16.4. The van der Waals surface area contributed by atoms with E-state index in [-0.39, 0.29) is 17.6 Å². The minimum Gasteiger partial charge on any atom is -0.479 e. The largest absolute Gasteiger partial charge is 0.479 e. The normalized spacial score (nSPS) is 31.4. The first-order valence-corrected chi connectivity index (χ1v) is 10.5. The second-order valence-electron chi connectivity index (χ2n) is 9.44. The van der Waals surface area contributed by atoms with Crippen molar-refractivity contribution in [1.82, 2.24) is 5.32 Å². The Morgan fingerprint density at radius 3 is 2.18 bits per heavy atom. The van der Waals surface area contributed by atoms with Gasteiger partial charge in [-0.15, -0.1) is 0 Å². The lowest BCUT2D eigenvalue weighted by Crippen LogP contribution is -2.48. The Morgan fingerprint density at radius 2 is 1.64 bits per heavy atom. The van der Waals surface area contributed by atoms with Crippen LogP contribution in [-0.4, -0.2) is 28.8 Å². The fraction of sp³-hybridized carbons (Fsp3) is 0.609. The summed E-state index contributed by atoms with van der Waals surface area (Å²) in [5, 5.41) is 12.0. The Hall–Kier alpha value is -2.17. The highest BCUT2D eigenvalue weighted by molar-refractivity contribution is 6.07. The summed E-state index contributed by atoms with van der Waals surface area (Å²) in [4.78, 5) is 36.9. The van der Waals surface area contributed by atoms with E-state index in [4.69, 9.17) is 0 Å². The fourth-order valence-electron chi connectivity index (χ4n) is 6.45. The van der Waals surface area contributed by atoms with Crippen molar-refractivity contribution in [2.45, 2.75) is 64.3 Å². The highest BCUT2D eigenvalue weighted by Crippen LogP contribution is 2.61. The maximum atomic E-state index is 12.7. The molecule has 1 aromatic carbocycles. The molecule has 0 aliphatic heterocycles. The van der Waals surface area contributed by atoms with Gasteiger partial charge in [0.2, 0.25) is 0 Å². The lowest BCUT2D eigenvalue weighted by molar-refractivity contribution is -0.143. The molecule has 1 unspecified atom stereocenters. The Bertz CT molecular complexity index is 764. The summed E-state index contributed by atoms with van der Waals surface area (Å²) >= 11 is 0. The van der Waals surface area contributed by atoms with E-state index in [1.165, 1.54) is 38.5 Å². The van der Waals surface area contributed by atoms with Gasteiger partial charge in [0.05, 0.1) is 0 Å². The number of aryl methyl sites for hydroxylation is 1. The van der Waals surface area contributed by atoms with E-state index in [1.807, 2.05) is 6.07 Å². The lowest BCUT2D eigenvalue weighted by Gasteiger charge is -2.57. The molecule has 1 atom stereocenters. The molecule has 0 heterocycles. The average Bonchev–Trinajstić information content (AvgIpc) is 2.63. The molecule has 0 spiro atoms. The third-order valence-electron chi connectivity index (χ3n) is 7.30. The van der Waals surface area contributed by atoms with Crippen LogP contribution in [0.25, 0.3) is 0 Å². The van der Waals surface area contributed by atoms with E-state index in [0.29, 0.717) is 5.56 Å². The summed E-state index contributed by atoms with van der Waals surface area (Å²) < 4.78 is 0. The van der Waals surface area contributed by atoms with Crippen LogP contribution in [0.5, 0.6) is 0 Å². The number of amides is 1. The van der Waals surface area contributed by atoms with E-state index in [1.54, 1.807) is 25.1 Å². The van der Waals surface area contributed by atoms with Gasteiger partial charge in [-0.2, -0.15) is 0 Å². The van der Waals surface area contributed by atoms with Crippen molar-refractivity contribution in [2.24, 2.45) is 23.2 Å². The predicted molar refractivity (Wildman–Crippen MR) is 105 cm³/mol. The molecule has 0 saturated heterocycles. The summed E-state index contributed by atoms with van der Waals surface area (Å²) in [6.45, 7) is 1.79. The molecule has 4 bridgehead atoms. The van der Waals surface area contributed by atoms with Crippen molar-refractivity contribution in [3.8, 4) is 0 Å². The second-order valence-corrected chi connectivity index (χ2v) is 9.44. The number of carbonyl (C=O) groups is 3. The molecule has 5 nitrogen and oxygen atoms in total. The van der Waals surface area contributed by atoms with E-state index >= 15 is 0 Å². The molecule has 4 aliphatic rings. The van der Waals surface area contributed by atoms with Crippen molar-refractivity contribution in [2.75, 3.05) is 0 Å². The first kappa shape index (κ1) is 19.2. The highest BCUT2D eigenvalue weighted by Gasteiger charge is 2.50. The number of hydrogen-bond acceptors (Lipinski definition) is 3. The quantitative estimate of drug-likeness (QED) is 0.703. The van der Waals surface area contributed by atoms with Gasteiger partial charge in [0, 0.05) is 12.0 Å². The van der Waals surface area contributed by atoms with Gasteiger partial charge < -0.3 is 10.4 Å². The van der Waals surface area contributed by atoms with Crippen molar-refractivity contribution in [3.63, 3.8) is 0 Å². The van der Waals surface area contributed by atoms with E-state index in [2.05, 4.69) is 5.32 Å². The molecule has 5 heteroatoms. The number of carbonyl (C=O) groups excluding carboxylic acids is 2. The first-order chi connectivity index (χ1) is 13.3. The Morgan fingerprint density at radius 1 is 1.07 bits per heavy atom. The predicted octanol–water partition coefficient (Wildman–Crippen LogP) is 3.74. The molecule has 4 fully saturated rings. The number of Topliss-reactive ketones (excluding diaryl/α,β-unsaturated/α-hetero) is 1. The molecule has 4 aliphatic carbocycles. The summed E-state index contributed by atoms with van der Waals surface area (Å²) in [5.74, 6) is 0.239. The number of benzene rings is 1. The Kier molecular flexibility index (Phi) is 5.02. The van der Waals surface area contributed by atoms with Crippen molar-refractivity contribution in [3.05, 3.63) is 35.4 Å². The van der Waals surface area contributed by atoms with Gasteiger partial charge >= 0.3 is 5.97 Å². The first-order valence-electron chi connectivity index (χ1n) is 10.5. The average molecular weight is 383 g/mol. The summed E-state index contributed by atoms with van der Waals surface area (Å²) in [7, 11) is 0. The minimum atomic E-state index is -1.47. The molecule has 1 aromatic rings. The molecule has 1 amide bonds. The Balaban J connectivity index is 1.40. The molecular weight excluding hydrogens is 354 g/mol. The maximum absolute atomic E-state index is 12.7. The minimum absolute atomic E-state index is 0.230. The number of hydrogen-bond donors (Lipinski definition) is 2. The zero-order chi connectivity index (χ0) is 19.9. The van der Waals surface area contributed by atoms with E-state index in [0.717, 1.165) is 29.7 Å². The molecular formula is C23H29NO4. The van der Waals surface area contributed by atoms with Gasteiger partial charge in [-0.25, -0.2) is 4.79 Å². The Labute approximate surface area is 165 Å². The van der Waals surface area contributed by atoms with Gasteiger partial charge in [-0.05, 0) is 86.7 Å². The molecule has 150 valence electrons. The SMILES string of the molecule is Cc1ccccc1C(=O)NC(C(=O)O)C(=O)CCC12CC3CC(CC(C3)C1)C2.